The minimum Gasteiger partial charge on any atom is -0.323 e. The third-order valence-corrected chi connectivity index (χ3v) is 5.23. The van der Waals surface area contributed by atoms with Gasteiger partial charge in [0, 0.05) is 36.8 Å². The van der Waals surface area contributed by atoms with Crippen molar-refractivity contribution in [2.24, 2.45) is 12.0 Å². The maximum atomic E-state index is 4.76. The van der Waals surface area contributed by atoms with Crippen LogP contribution in [0.25, 0.3) is 22.9 Å². The Balaban J connectivity index is 1.70. The Morgan fingerprint density at radius 1 is 1.15 bits per heavy atom. The van der Waals surface area contributed by atoms with E-state index >= 15 is 0 Å². The third-order valence-electron chi connectivity index (χ3n) is 5.23. The van der Waals surface area contributed by atoms with Gasteiger partial charge >= 0.3 is 0 Å². The second-order valence-corrected chi connectivity index (χ2v) is 8.04. The third kappa shape index (κ3) is 5.01. The molecule has 0 aromatic carbocycles. The Labute approximate surface area is 193 Å². The number of hydrogen-bond donors (Lipinski definition) is 1. The van der Waals surface area contributed by atoms with Crippen molar-refractivity contribution < 1.29 is 0 Å². The number of nitrogens with one attached hydrogen (secondary N) is 1. The normalized spacial score (nSPS) is 11.6. The average Bonchev–Trinajstić information content (AvgIpc) is 3.22. The fourth-order valence-electron chi connectivity index (χ4n) is 3.45. The van der Waals surface area contributed by atoms with Gasteiger partial charge in [0.05, 0.1) is 23.3 Å². The summed E-state index contributed by atoms with van der Waals surface area (Å²) in [6, 6.07) is 9.62. The van der Waals surface area contributed by atoms with Crippen molar-refractivity contribution >= 4 is 35.7 Å². The molecule has 8 nitrogen and oxygen atoms in total. The zero-order chi connectivity index (χ0) is 23.4. The maximum absolute atomic E-state index is 4.76. The first-order valence-electron chi connectivity index (χ1n) is 10.6. The van der Waals surface area contributed by atoms with Crippen molar-refractivity contribution in [1.82, 2.24) is 29.9 Å². The van der Waals surface area contributed by atoms with Crippen LogP contribution in [0.2, 0.25) is 0 Å². The Morgan fingerprint density at radius 3 is 2.67 bits per heavy atom. The smallest absolute Gasteiger partial charge is 0.154 e. The molecule has 0 bridgehead atoms. The van der Waals surface area contributed by atoms with Gasteiger partial charge in [0.1, 0.15) is 5.82 Å². The van der Waals surface area contributed by atoms with E-state index in [-0.39, 0.29) is 0 Å². The monoisotopic (exact) mass is 438 g/mol. The second-order valence-electron chi connectivity index (χ2n) is 8.04. The molecule has 0 radical (unpaired) electrons. The number of allylic oxidation sites excluding steroid dienone is 1. The van der Waals surface area contributed by atoms with E-state index in [4.69, 9.17) is 4.98 Å². The van der Waals surface area contributed by atoms with Gasteiger partial charge < -0.3 is 5.32 Å². The molecule has 0 aliphatic heterocycles. The van der Waals surface area contributed by atoms with Crippen molar-refractivity contribution in [2.75, 3.05) is 5.32 Å². The summed E-state index contributed by atoms with van der Waals surface area (Å²) >= 11 is 0. The SMILES string of the molecule is C=Nc1ccc(Nc2cc(C(C)C)cnn2)nc1/C=C(\C)c1cn(C)nc1-c1ccncc1. The summed E-state index contributed by atoms with van der Waals surface area (Å²) in [5.41, 5.74) is 6.40. The lowest BCUT2D eigenvalue weighted by Gasteiger charge is -2.10. The highest BCUT2D eigenvalue weighted by molar-refractivity contribution is 5.88. The summed E-state index contributed by atoms with van der Waals surface area (Å²) in [5, 5.41) is 16.2. The summed E-state index contributed by atoms with van der Waals surface area (Å²) in [7, 11) is 1.91. The second kappa shape index (κ2) is 9.52. The highest BCUT2D eigenvalue weighted by Gasteiger charge is 2.13. The van der Waals surface area contributed by atoms with Gasteiger partial charge in [0.25, 0.3) is 0 Å². The molecule has 166 valence electrons. The highest BCUT2D eigenvalue weighted by atomic mass is 15.3. The van der Waals surface area contributed by atoms with E-state index in [1.807, 2.05) is 56.6 Å². The molecule has 8 heteroatoms. The zero-order valence-electron chi connectivity index (χ0n) is 19.2. The molecule has 4 aromatic heterocycles. The van der Waals surface area contributed by atoms with Gasteiger partial charge in [-0.3, -0.25) is 14.7 Å². The van der Waals surface area contributed by atoms with Crippen LogP contribution in [0.3, 0.4) is 0 Å². The minimum absolute atomic E-state index is 0.358. The summed E-state index contributed by atoms with van der Waals surface area (Å²) < 4.78 is 1.81. The molecule has 0 fully saturated rings. The average molecular weight is 439 g/mol. The molecule has 0 saturated carbocycles. The van der Waals surface area contributed by atoms with E-state index in [0.29, 0.717) is 28.9 Å². The zero-order valence-corrected chi connectivity index (χ0v) is 19.2. The number of aliphatic imine (C=N–C) groups is 1. The lowest BCUT2D eigenvalue weighted by Crippen LogP contribution is -2.00. The van der Waals surface area contributed by atoms with Crippen LogP contribution >= 0.6 is 0 Å². The van der Waals surface area contributed by atoms with E-state index < -0.39 is 0 Å². The van der Waals surface area contributed by atoms with Gasteiger partial charge in [-0.15, -0.1) is 5.10 Å². The number of hydrogen-bond acceptors (Lipinski definition) is 7. The molecule has 0 unspecified atom stereocenters. The van der Waals surface area contributed by atoms with Crippen LogP contribution in [-0.2, 0) is 7.05 Å². The standard InChI is InChI=1S/C25H26N8/c1-16(2)19-13-24(31-28-14-19)30-23-7-6-21(26-4)22(29-23)12-17(3)20-15-33(5)32-25(20)18-8-10-27-11-9-18/h6-16H,4H2,1-3,5H3,(H,29,30,31)/b17-12+. The summed E-state index contributed by atoms with van der Waals surface area (Å²) in [6.45, 7) is 9.97. The molecule has 1 N–H and O–H groups in total. The van der Waals surface area contributed by atoms with Crippen LogP contribution in [0.5, 0.6) is 0 Å². The first-order chi connectivity index (χ1) is 15.9. The van der Waals surface area contributed by atoms with Gasteiger partial charge in [-0.2, -0.15) is 10.2 Å². The molecule has 0 atom stereocenters. The molecule has 0 aliphatic carbocycles. The van der Waals surface area contributed by atoms with Crippen LogP contribution in [0.1, 0.15) is 43.5 Å². The molecule has 4 aromatic rings. The van der Waals surface area contributed by atoms with E-state index in [2.05, 4.69) is 51.2 Å². The van der Waals surface area contributed by atoms with Crippen molar-refractivity contribution in [3.63, 3.8) is 0 Å². The Morgan fingerprint density at radius 2 is 1.94 bits per heavy atom. The molecule has 33 heavy (non-hydrogen) atoms. The summed E-state index contributed by atoms with van der Waals surface area (Å²) in [4.78, 5) is 13.0. The first-order valence-corrected chi connectivity index (χ1v) is 10.6. The van der Waals surface area contributed by atoms with Crippen molar-refractivity contribution in [3.05, 3.63) is 71.9 Å². The number of nitrogens with zero attached hydrogens (tertiary/aromatic N) is 7. The van der Waals surface area contributed by atoms with Crippen molar-refractivity contribution in [2.45, 2.75) is 26.7 Å². The van der Waals surface area contributed by atoms with Gasteiger partial charge in [0.15, 0.2) is 5.82 Å². The summed E-state index contributed by atoms with van der Waals surface area (Å²) in [5.74, 6) is 1.65. The molecule has 0 spiro atoms. The predicted octanol–water partition coefficient (Wildman–Crippen LogP) is 5.43. The molecular formula is C25H26N8. The number of rotatable bonds is 7. The maximum Gasteiger partial charge on any atom is 0.154 e. The Hall–Kier alpha value is -4.20. The molecule has 0 amide bonds. The van der Waals surface area contributed by atoms with Crippen LogP contribution in [0.15, 0.2) is 60.1 Å². The molecule has 4 heterocycles. The lowest BCUT2D eigenvalue weighted by molar-refractivity contribution is 0.770. The lowest BCUT2D eigenvalue weighted by atomic mass is 10.0. The van der Waals surface area contributed by atoms with Gasteiger partial charge in [-0.25, -0.2) is 4.98 Å². The predicted molar refractivity (Wildman–Crippen MR) is 133 cm³/mol. The largest absolute Gasteiger partial charge is 0.323 e. The number of aromatic nitrogens is 6. The number of aryl methyl sites for hydroxylation is 1. The Kier molecular flexibility index (Phi) is 6.35. The first kappa shape index (κ1) is 22.0. The van der Waals surface area contributed by atoms with E-state index in [9.17, 15) is 0 Å². The quantitative estimate of drug-likeness (QED) is 0.387. The van der Waals surface area contributed by atoms with Crippen LogP contribution < -0.4 is 5.32 Å². The topological polar surface area (TPSA) is 93.8 Å². The fraction of sp³-hybridized carbons (Fsp3) is 0.200. The van der Waals surface area contributed by atoms with Crippen LogP contribution in [-0.4, -0.2) is 36.7 Å². The van der Waals surface area contributed by atoms with Crippen LogP contribution in [0, 0.1) is 0 Å². The van der Waals surface area contributed by atoms with Gasteiger partial charge in [0.2, 0.25) is 0 Å². The van der Waals surface area contributed by atoms with Gasteiger partial charge in [-0.05, 0) is 67.1 Å². The number of pyridine rings is 2. The van der Waals surface area contributed by atoms with Crippen LogP contribution in [0.4, 0.5) is 17.3 Å². The molecule has 4 rings (SSSR count). The van der Waals surface area contributed by atoms with E-state index in [1.165, 1.54) is 0 Å². The van der Waals surface area contributed by atoms with Crippen molar-refractivity contribution in [1.29, 1.82) is 0 Å². The van der Waals surface area contributed by atoms with E-state index in [1.54, 1.807) is 23.3 Å². The fourth-order valence-corrected chi connectivity index (χ4v) is 3.45. The highest BCUT2D eigenvalue weighted by Crippen LogP contribution is 2.31. The summed E-state index contributed by atoms with van der Waals surface area (Å²) in [6.07, 6.45) is 9.30. The minimum atomic E-state index is 0.358. The Bertz CT molecular complexity index is 1310. The number of anilines is 2. The van der Waals surface area contributed by atoms with E-state index in [0.717, 1.165) is 28.0 Å². The molecular weight excluding hydrogens is 412 g/mol. The molecule has 0 aliphatic rings. The molecule has 0 saturated heterocycles. The van der Waals surface area contributed by atoms with Gasteiger partial charge in [-0.1, -0.05) is 13.8 Å². The van der Waals surface area contributed by atoms with Crippen molar-refractivity contribution in [3.8, 4) is 11.3 Å².